The Morgan fingerprint density at radius 3 is 2.11 bits per heavy atom. The fourth-order valence-corrected chi connectivity index (χ4v) is 3.99. The summed E-state index contributed by atoms with van der Waals surface area (Å²) in [4.78, 5) is 8.09. The Morgan fingerprint density at radius 1 is 0.947 bits per heavy atom. The van der Waals surface area contributed by atoms with Gasteiger partial charge in [-0.15, -0.1) is 0 Å². The fraction of sp³-hybridized carbons (Fsp3) is 1.00. The first-order valence-electron chi connectivity index (χ1n) is 8.11. The number of rotatable bonds is 1. The average molecular weight is 265 g/mol. The zero-order valence-electron chi connectivity index (χ0n) is 13.3. The highest BCUT2D eigenvalue weighted by molar-refractivity contribution is 5.08. The highest BCUT2D eigenvalue weighted by atomic mass is 15.3. The van der Waals surface area contributed by atoms with Crippen molar-refractivity contribution in [2.24, 2.45) is 0 Å². The van der Waals surface area contributed by atoms with Crippen LogP contribution in [-0.4, -0.2) is 71.6 Å². The molecular formula is C16H31N3. The van der Waals surface area contributed by atoms with Crippen molar-refractivity contribution >= 4 is 0 Å². The van der Waals surface area contributed by atoms with Crippen molar-refractivity contribution in [1.29, 1.82) is 0 Å². The molecule has 0 amide bonds. The summed E-state index contributed by atoms with van der Waals surface area (Å²) >= 11 is 0. The number of nitrogens with zero attached hydrogens (tertiary/aromatic N) is 3. The van der Waals surface area contributed by atoms with Crippen LogP contribution in [0.5, 0.6) is 0 Å². The minimum Gasteiger partial charge on any atom is -0.298 e. The molecule has 1 aliphatic carbocycles. The monoisotopic (exact) mass is 265 g/mol. The minimum absolute atomic E-state index is 0.352. The van der Waals surface area contributed by atoms with Crippen LogP contribution in [0, 0.1) is 0 Å². The van der Waals surface area contributed by atoms with E-state index >= 15 is 0 Å². The average Bonchev–Trinajstić information content (AvgIpc) is 3.13. The van der Waals surface area contributed by atoms with Crippen molar-refractivity contribution in [2.75, 3.05) is 39.8 Å². The molecule has 0 unspecified atom stereocenters. The van der Waals surface area contributed by atoms with E-state index in [9.17, 15) is 0 Å². The largest absolute Gasteiger partial charge is 0.298 e. The molecule has 1 spiro atoms. The molecule has 2 aliphatic heterocycles. The summed E-state index contributed by atoms with van der Waals surface area (Å²) in [5.74, 6) is 0. The topological polar surface area (TPSA) is 9.72 Å². The third kappa shape index (κ3) is 2.70. The molecule has 0 aromatic carbocycles. The van der Waals surface area contributed by atoms with Crippen molar-refractivity contribution in [3.63, 3.8) is 0 Å². The Balaban J connectivity index is 1.55. The van der Waals surface area contributed by atoms with Gasteiger partial charge in [-0.3, -0.25) is 14.7 Å². The van der Waals surface area contributed by atoms with Crippen molar-refractivity contribution < 1.29 is 0 Å². The fourth-order valence-electron chi connectivity index (χ4n) is 3.99. The Hall–Kier alpha value is -0.120. The molecule has 2 saturated heterocycles. The van der Waals surface area contributed by atoms with E-state index in [1.807, 2.05) is 0 Å². The summed E-state index contributed by atoms with van der Waals surface area (Å²) < 4.78 is 0. The number of hydrogen-bond acceptors (Lipinski definition) is 3. The van der Waals surface area contributed by atoms with E-state index in [1.54, 1.807) is 0 Å². The third-order valence-corrected chi connectivity index (χ3v) is 5.79. The van der Waals surface area contributed by atoms with Crippen LogP contribution >= 0.6 is 0 Å². The lowest BCUT2D eigenvalue weighted by Crippen LogP contribution is -2.58. The molecule has 1 saturated carbocycles. The number of hydrogen-bond donors (Lipinski definition) is 0. The van der Waals surface area contributed by atoms with Gasteiger partial charge in [-0.2, -0.15) is 0 Å². The van der Waals surface area contributed by atoms with Crippen LogP contribution in [0.2, 0.25) is 0 Å². The Labute approximate surface area is 118 Å². The quantitative estimate of drug-likeness (QED) is 0.718. The lowest BCUT2D eigenvalue weighted by Gasteiger charge is -2.48. The first-order valence-corrected chi connectivity index (χ1v) is 8.11. The molecule has 0 N–H and O–H groups in total. The first-order chi connectivity index (χ1) is 8.91. The van der Waals surface area contributed by atoms with Gasteiger partial charge < -0.3 is 0 Å². The van der Waals surface area contributed by atoms with E-state index in [2.05, 4.69) is 42.5 Å². The highest BCUT2D eigenvalue weighted by Crippen LogP contribution is 2.44. The number of likely N-dealkylation sites (N-methyl/N-ethyl adjacent to an activating group) is 1. The molecule has 0 aromatic heterocycles. The molecule has 3 heteroatoms. The number of likely N-dealkylation sites (tertiary alicyclic amines) is 1. The molecule has 0 radical (unpaired) electrons. The van der Waals surface area contributed by atoms with Crippen molar-refractivity contribution in [3.8, 4) is 0 Å². The van der Waals surface area contributed by atoms with Gasteiger partial charge in [-0.25, -0.2) is 0 Å². The number of piperidine rings is 1. The van der Waals surface area contributed by atoms with Gasteiger partial charge in [-0.05, 0) is 53.5 Å². The molecule has 0 aromatic rings. The van der Waals surface area contributed by atoms with Gasteiger partial charge in [0.2, 0.25) is 0 Å². The molecule has 0 bridgehead atoms. The molecule has 3 aliphatic rings. The summed E-state index contributed by atoms with van der Waals surface area (Å²) in [5.41, 5.74) is 0.935. The van der Waals surface area contributed by atoms with E-state index in [4.69, 9.17) is 0 Å². The van der Waals surface area contributed by atoms with Crippen LogP contribution in [0.3, 0.4) is 0 Å². The maximum absolute atomic E-state index is 2.81. The molecule has 110 valence electrons. The Bertz CT molecular complexity index is 321. The molecule has 3 fully saturated rings. The van der Waals surface area contributed by atoms with Gasteiger partial charge >= 0.3 is 0 Å². The molecule has 19 heavy (non-hydrogen) atoms. The summed E-state index contributed by atoms with van der Waals surface area (Å²) in [6, 6.07) is 0.852. The molecular weight excluding hydrogens is 234 g/mol. The van der Waals surface area contributed by atoms with Crippen LogP contribution < -0.4 is 0 Å². The minimum atomic E-state index is 0.352. The van der Waals surface area contributed by atoms with E-state index in [0.29, 0.717) is 11.1 Å². The van der Waals surface area contributed by atoms with Gasteiger partial charge in [0.25, 0.3) is 0 Å². The van der Waals surface area contributed by atoms with Crippen molar-refractivity contribution in [2.45, 2.75) is 63.6 Å². The highest BCUT2D eigenvalue weighted by Gasteiger charge is 2.50. The second-order valence-electron chi connectivity index (χ2n) is 8.01. The standard InChI is InChI=1S/C16H31N3/c1-15(2,3)19-9-5-14(6-10-19)18-12-11-17(4)16(13-18)7-8-16/h14H,5-13H2,1-4H3. The number of piperazine rings is 1. The van der Waals surface area contributed by atoms with E-state index in [0.717, 1.165) is 6.04 Å². The smallest absolute Gasteiger partial charge is 0.0335 e. The SMILES string of the molecule is CN1CCN(C2CCN(C(C)(C)C)CC2)CC12CC2. The molecule has 3 nitrogen and oxygen atoms in total. The third-order valence-electron chi connectivity index (χ3n) is 5.79. The van der Waals surface area contributed by atoms with Gasteiger partial charge in [0.15, 0.2) is 0 Å². The lowest BCUT2D eigenvalue weighted by molar-refractivity contribution is 0.0105. The predicted octanol–water partition coefficient (Wildman–Crippen LogP) is 2.03. The van der Waals surface area contributed by atoms with Crippen LogP contribution in [0.25, 0.3) is 0 Å². The predicted molar refractivity (Wildman–Crippen MR) is 80.5 cm³/mol. The zero-order chi connectivity index (χ0) is 13.7. The van der Waals surface area contributed by atoms with Gasteiger partial charge in [0, 0.05) is 49.8 Å². The summed E-state index contributed by atoms with van der Waals surface area (Å²) in [6.07, 6.45) is 5.61. The van der Waals surface area contributed by atoms with E-state index in [-0.39, 0.29) is 0 Å². The normalized spacial score (nSPS) is 30.9. The maximum Gasteiger partial charge on any atom is 0.0335 e. The zero-order valence-corrected chi connectivity index (χ0v) is 13.3. The summed E-state index contributed by atoms with van der Waals surface area (Å²) in [6.45, 7) is 13.5. The van der Waals surface area contributed by atoms with Crippen LogP contribution in [0.15, 0.2) is 0 Å². The second kappa shape index (κ2) is 4.71. The van der Waals surface area contributed by atoms with E-state index in [1.165, 1.54) is 58.4 Å². The van der Waals surface area contributed by atoms with Crippen LogP contribution in [0.1, 0.15) is 46.5 Å². The lowest BCUT2D eigenvalue weighted by atomic mass is 9.96. The summed E-state index contributed by atoms with van der Waals surface area (Å²) in [7, 11) is 2.33. The van der Waals surface area contributed by atoms with Gasteiger partial charge in [0.05, 0.1) is 0 Å². The molecule has 3 rings (SSSR count). The Kier molecular flexibility index (Phi) is 3.43. The second-order valence-corrected chi connectivity index (χ2v) is 8.01. The Morgan fingerprint density at radius 2 is 1.58 bits per heavy atom. The van der Waals surface area contributed by atoms with Gasteiger partial charge in [0.1, 0.15) is 0 Å². The van der Waals surface area contributed by atoms with Crippen molar-refractivity contribution in [1.82, 2.24) is 14.7 Å². The first kappa shape index (κ1) is 13.8. The molecule has 2 heterocycles. The molecule has 0 atom stereocenters. The van der Waals surface area contributed by atoms with Crippen molar-refractivity contribution in [3.05, 3.63) is 0 Å². The maximum atomic E-state index is 2.81. The van der Waals surface area contributed by atoms with E-state index < -0.39 is 0 Å². The van der Waals surface area contributed by atoms with Gasteiger partial charge in [-0.1, -0.05) is 0 Å². The van der Waals surface area contributed by atoms with Crippen LogP contribution in [-0.2, 0) is 0 Å². The summed E-state index contributed by atoms with van der Waals surface area (Å²) in [5, 5.41) is 0. The van der Waals surface area contributed by atoms with Crippen LogP contribution in [0.4, 0.5) is 0 Å².